The summed E-state index contributed by atoms with van der Waals surface area (Å²) in [4.78, 5) is 10.1. The Morgan fingerprint density at radius 2 is 2.00 bits per heavy atom. The fourth-order valence-corrected chi connectivity index (χ4v) is 3.96. The van der Waals surface area contributed by atoms with E-state index in [2.05, 4.69) is 24.9 Å². The van der Waals surface area contributed by atoms with Crippen LogP contribution in [-0.2, 0) is 7.05 Å². The first-order valence-corrected chi connectivity index (χ1v) is 9.49. The lowest BCUT2D eigenvalue weighted by molar-refractivity contribution is 0.425. The van der Waals surface area contributed by atoms with Crippen molar-refractivity contribution in [3.63, 3.8) is 0 Å². The number of aryl methyl sites for hydroxylation is 1. The number of rotatable bonds is 4. The molecule has 2 aromatic heterocycles. The van der Waals surface area contributed by atoms with E-state index in [1.54, 1.807) is 18.6 Å². The van der Waals surface area contributed by atoms with Gasteiger partial charge in [0.25, 0.3) is 0 Å². The Hall–Kier alpha value is -3.22. The maximum atomic E-state index is 9.50. The van der Waals surface area contributed by atoms with Crippen LogP contribution in [0.5, 0.6) is 0 Å². The van der Waals surface area contributed by atoms with Gasteiger partial charge in [0.2, 0.25) is 5.69 Å². The normalized spacial score (nSPS) is 14.6. The Bertz CT molecular complexity index is 1050. The van der Waals surface area contributed by atoms with Crippen molar-refractivity contribution in [1.82, 2.24) is 19.7 Å². The SMILES string of the molecule is [C-]#[N+]c1cccc(-c2cncc(B(O)O)c2)c1N1CCC(c2nncn2C)CC1. The van der Waals surface area contributed by atoms with Crippen molar-refractivity contribution >= 4 is 24.0 Å². The van der Waals surface area contributed by atoms with Gasteiger partial charge in [-0.2, -0.15) is 0 Å². The monoisotopic (exact) mass is 388 g/mol. The fourth-order valence-electron chi connectivity index (χ4n) is 3.96. The summed E-state index contributed by atoms with van der Waals surface area (Å²) in [5, 5.41) is 27.2. The van der Waals surface area contributed by atoms with Crippen molar-refractivity contribution in [2.24, 2.45) is 7.05 Å². The molecular formula is C20H21BN6O2. The highest BCUT2D eigenvalue weighted by Gasteiger charge is 2.27. The Morgan fingerprint density at radius 3 is 2.66 bits per heavy atom. The molecule has 0 saturated carbocycles. The summed E-state index contributed by atoms with van der Waals surface area (Å²) >= 11 is 0. The lowest BCUT2D eigenvalue weighted by atomic mass is 9.80. The van der Waals surface area contributed by atoms with Crippen LogP contribution in [0.4, 0.5) is 11.4 Å². The van der Waals surface area contributed by atoms with E-state index in [1.807, 2.05) is 29.8 Å². The predicted octanol–water partition coefficient (Wildman–Crippen LogP) is 1.49. The third-order valence-electron chi connectivity index (χ3n) is 5.43. The molecule has 1 aromatic carbocycles. The summed E-state index contributed by atoms with van der Waals surface area (Å²) in [5.74, 6) is 1.34. The Morgan fingerprint density at radius 1 is 1.21 bits per heavy atom. The van der Waals surface area contributed by atoms with Gasteiger partial charge in [0.15, 0.2) is 0 Å². The zero-order valence-corrected chi connectivity index (χ0v) is 16.1. The molecule has 0 bridgehead atoms. The van der Waals surface area contributed by atoms with Gasteiger partial charge in [0.05, 0.1) is 6.57 Å². The summed E-state index contributed by atoms with van der Waals surface area (Å²) in [6.07, 6.45) is 6.69. The van der Waals surface area contributed by atoms with Crippen LogP contribution in [-0.4, -0.2) is 50.0 Å². The van der Waals surface area contributed by atoms with Crippen molar-refractivity contribution in [2.75, 3.05) is 18.0 Å². The standard InChI is InChI=1S/C20H21BN6O2/c1-22-18-5-3-4-17(15-10-16(21(28)29)12-23-11-15)19(18)27-8-6-14(7-9-27)20-25-24-13-26(20)2/h3-5,10-14,28-29H,6-9H2,2H3. The quantitative estimate of drug-likeness (QED) is 0.520. The first kappa shape index (κ1) is 19.1. The van der Waals surface area contributed by atoms with Gasteiger partial charge >= 0.3 is 7.12 Å². The predicted molar refractivity (Wildman–Crippen MR) is 111 cm³/mol. The van der Waals surface area contributed by atoms with Gasteiger partial charge in [-0.1, -0.05) is 24.3 Å². The summed E-state index contributed by atoms with van der Waals surface area (Å²) in [6.45, 7) is 9.23. The molecule has 1 fully saturated rings. The van der Waals surface area contributed by atoms with Gasteiger partial charge < -0.3 is 19.5 Å². The number of anilines is 1. The summed E-state index contributed by atoms with van der Waals surface area (Å²) < 4.78 is 1.97. The third kappa shape index (κ3) is 3.72. The average molecular weight is 388 g/mol. The molecule has 1 aliphatic heterocycles. The van der Waals surface area contributed by atoms with Gasteiger partial charge in [-0.3, -0.25) is 4.98 Å². The lowest BCUT2D eigenvalue weighted by Crippen LogP contribution is -2.34. The van der Waals surface area contributed by atoms with E-state index in [0.717, 1.165) is 48.6 Å². The highest BCUT2D eigenvalue weighted by atomic mass is 16.4. The van der Waals surface area contributed by atoms with Crippen molar-refractivity contribution < 1.29 is 10.0 Å². The molecule has 146 valence electrons. The molecule has 0 aliphatic carbocycles. The zero-order chi connectivity index (χ0) is 20.4. The smallest absolute Gasteiger partial charge is 0.423 e. The maximum Gasteiger partial charge on any atom is 0.490 e. The third-order valence-corrected chi connectivity index (χ3v) is 5.43. The molecule has 1 saturated heterocycles. The van der Waals surface area contributed by atoms with Crippen LogP contribution in [0.3, 0.4) is 0 Å². The van der Waals surface area contributed by atoms with E-state index in [9.17, 15) is 10.0 Å². The van der Waals surface area contributed by atoms with Crippen LogP contribution in [0.2, 0.25) is 0 Å². The number of hydrogen-bond acceptors (Lipinski definition) is 6. The molecule has 0 amide bonds. The maximum absolute atomic E-state index is 9.50. The topological polar surface area (TPSA) is 91.7 Å². The Labute approximate surface area is 169 Å². The van der Waals surface area contributed by atoms with Crippen LogP contribution in [0.25, 0.3) is 16.0 Å². The van der Waals surface area contributed by atoms with Crippen molar-refractivity contribution in [3.8, 4) is 11.1 Å². The molecule has 0 atom stereocenters. The summed E-state index contributed by atoms with van der Waals surface area (Å²) in [5.41, 5.74) is 3.39. The molecule has 29 heavy (non-hydrogen) atoms. The van der Waals surface area contributed by atoms with E-state index >= 15 is 0 Å². The van der Waals surface area contributed by atoms with Gasteiger partial charge in [-0.05, 0) is 18.4 Å². The molecule has 1 aliphatic rings. The number of benzene rings is 1. The molecular weight excluding hydrogens is 367 g/mol. The second-order valence-electron chi connectivity index (χ2n) is 7.23. The molecule has 0 spiro atoms. The average Bonchev–Trinajstić information content (AvgIpc) is 3.19. The van der Waals surface area contributed by atoms with Crippen LogP contribution in [0.15, 0.2) is 43.0 Å². The fraction of sp³-hybridized carbons (Fsp3) is 0.300. The molecule has 0 unspecified atom stereocenters. The highest BCUT2D eigenvalue weighted by molar-refractivity contribution is 6.58. The van der Waals surface area contributed by atoms with E-state index < -0.39 is 7.12 Å². The van der Waals surface area contributed by atoms with E-state index in [1.165, 1.54) is 6.20 Å². The van der Waals surface area contributed by atoms with Gasteiger partial charge in [0.1, 0.15) is 12.2 Å². The Kier molecular flexibility index (Phi) is 5.29. The number of pyridine rings is 1. The van der Waals surface area contributed by atoms with Crippen LogP contribution >= 0.6 is 0 Å². The van der Waals surface area contributed by atoms with Gasteiger partial charge in [0, 0.05) is 55.2 Å². The molecule has 9 heteroatoms. The largest absolute Gasteiger partial charge is 0.490 e. The van der Waals surface area contributed by atoms with E-state index in [0.29, 0.717) is 17.1 Å². The minimum absolute atomic E-state index is 0.322. The first-order chi connectivity index (χ1) is 14.1. The summed E-state index contributed by atoms with van der Waals surface area (Å²) in [6, 6.07) is 7.32. The second-order valence-corrected chi connectivity index (χ2v) is 7.23. The number of para-hydroxylation sites is 1. The highest BCUT2D eigenvalue weighted by Crippen LogP contribution is 2.41. The van der Waals surface area contributed by atoms with E-state index in [4.69, 9.17) is 6.57 Å². The van der Waals surface area contributed by atoms with Crippen LogP contribution < -0.4 is 10.4 Å². The molecule has 3 aromatic rings. The molecule has 8 nitrogen and oxygen atoms in total. The molecule has 4 rings (SSSR count). The number of hydrogen-bond donors (Lipinski definition) is 2. The Balaban J connectivity index is 1.67. The second kappa shape index (κ2) is 8.03. The molecule has 0 radical (unpaired) electrons. The summed E-state index contributed by atoms with van der Waals surface area (Å²) in [7, 11) is 0.376. The number of aromatic nitrogens is 4. The number of nitrogens with zero attached hydrogens (tertiary/aromatic N) is 6. The van der Waals surface area contributed by atoms with Crippen molar-refractivity contribution in [1.29, 1.82) is 0 Å². The molecule has 2 N–H and O–H groups in total. The van der Waals surface area contributed by atoms with E-state index in [-0.39, 0.29) is 0 Å². The van der Waals surface area contributed by atoms with Crippen LogP contribution in [0.1, 0.15) is 24.6 Å². The van der Waals surface area contributed by atoms with Crippen molar-refractivity contribution in [3.05, 3.63) is 60.2 Å². The zero-order valence-electron chi connectivity index (χ0n) is 16.1. The lowest BCUT2D eigenvalue weighted by Gasteiger charge is -2.35. The van der Waals surface area contributed by atoms with Crippen molar-refractivity contribution in [2.45, 2.75) is 18.8 Å². The van der Waals surface area contributed by atoms with Gasteiger partial charge in [-0.15, -0.1) is 10.2 Å². The first-order valence-electron chi connectivity index (χ1n) is 9.49. The minimum Gasteiger partial charge on any atom is -0.423 e. The van der Waals surface area contributed by atoms with Crippen LogP contribution in [0, 0.1) is 6.57 Å². The minimum atomic E-state index is -1.59. The van der Waals surface area contributed by atoms with Gasteiger partial charge in [-0.25, -0.2) is 4.85 Å². The molecule has 3 heterocycles. The number of piperidine rings is 1.